The van der Waals surface area contributed by atoms with Crippen LogP contribution in [0.25, 0.3) is 0 Å². The molecular formula is C14H22O2. The molecule has 3 aliphatic rings. The van der Waals surface area contributed by atoms with Crippen LogP contribution >= 0.6 is 0 Å². The van der Waals surface area contributed by atoms with E-state index in [0.29, 0.717) is 11.8 Å². The van der Waals surface area contributed by atoms with Crippen molar-refractivity contribution in [2.75, 3.05) is 0 Å². The summed E-state index contributed by atoms with van der Waals surface area (Å²) in [5, 5.41) is 20.3. The average Bonchev–Trinajstić information content (AvgIpc) is 2.29. The van der Waals surface area contributed by atoms with Crippen molar-refractivity contribution >= 4 is 0 Å². The summed E-state index contributed by atoms with van der Waals surface area (Å²) in [7, 11) is 0. The third kappa shape index (κ3) is 1.63. The highest BCUT2D eigenvalue weighted by molar-refractivity contribution is 5.20. The molecular weight excluding hydrogens is 200 g/mol. The monoisotopic (exact) mass is 222 g/mol. The highest BCUT2D eigenvalue weighted by Gasteiger charge is 2.44. The molecule has 90 valence electrons. The van der Waals surface area contributed by atoms with E-state index in [9.17, 15) is 10.2 Å². The van der Waals surface area contributed by atoms with Gasteiger partial charge in [0.05, 0.1) is 12.2 Å². The highest BCUT2D eigenvalue weighted by Crippen LogP contribution is 2.48. The molecule has 0 amide bonds. The Morgan fingerprint density at radius 1 is 1.00 bits per heavy atom. The summed E-state index contributed by atoms with van der Waals surface area (Å²) in [6, 6.07) is 0. The minimum atomic E-state index is -0.385. The molecule has 0 aromatic carbocycles. The Bertz CT molecular complexity index is 297. The molecule has 0 spiro atoms. The van der Waals surface area contributed by atoms with E-state index in [2.05, 4.69) is 6.08 Å². The van der Waals surface area contributed by atoms with Crippen LogP contribution in [-0.2, 0) is 0 Å². The summed E-state index contributed by atoms with van der Waals surface area (Å²) in [6.45, 7) is 0. The lowest BCUT2D eigenvalue weighted by molar-refractivity contribution is -0.0506. The van der Waals surface area contributed by atoms with Crippen LogP contribution in [0.3, 0.4) is 0 Å². The summed E-state index contributed by atoms with van der Waals surface area (Å²) in [6.07, 6.45) is 9.73. The molecule has 0 aromatic rings. The second kappa shape index (κ2) is 4.15. The van der Waals surface area contributed by atoms with Gasteiger partial charge in [-0.1, -0.05) is 24.5 Å². The van der Waals surface area contributed by atoms with E-state index in [1.807, 2.05) is 0 Å². The lowest BCUT2D eigenvalue weighted by atomic mass is 9.60. The van der Waals surface area contributed by atoms with E-state index >= 15 is 0 Å². The van der Waals surface area contributed by atoms with E-state index in [1.165, 1.54) is 37.7 Å². The van der Waals surface area contributed by atoms with Crippen LogP contribution in [0.4, 0.5) is 0 Å². The van der Waals surface area contributed by atoms with Gasteiger partial charge < -0.3 is 10.2 Å². The van der Waals surface area contributed by atoms with Gasteiger partial charge in [0.1, 0.15) is 0 Å². The zero-order valence-corrected chi connectivity index (χ0v) is 9.81. The number of aliphatic hydroxyl groups is 2. The van der Waals surface area contributed by atoms with Gasteiger partial charge in [-0.25, -0.2) is 0 Å². The molecule has 2 nitrogen and oxygen atoms in total. The molecule has 2 unspecified atom stereocenters. The molecule has 0 aliphatic heterocycles. The molecule has 2 fully saturated rings. The quantitative estimate of drug-likeness (QED) is 0.617. The van der Waals surface area contributed by atoms with E-state index < -0.39 is 0 Å². The van der Waals surface area contributed by atoms with Crippen molar-refractivity contribution in [3.63, 3.8) is 0 Å². The maximum atomic E-state index is 10.2. The molecule has 0 heterocycles. The van der Waals surface area contributed by atoms with Gasteiger partial charge >= 0.3 is 0 Å². The van der Waals surface area contributed by atoms with Crippen LogP contribution in [0.5, 0.6) is 0 Å². The largest absolute Gasteiger partial charge is 0.393 e. The molecule has 0 aromatic heterocycles. The number of allylic oxidation sites excluding steroid dienone is 1. The minimum absolute atomic E-state index is 0.126. The summed E-state index contributed by atoms with van der Waals surface area (Å²) in [4.78, 5) is 0. The van der Waals surface area contributed by atoms with Crippen molar-refractivity contribution < 1.29 is 10.2 Å². The summed E-state index contributed by atoms with van der Waals surface area (Å²) in [5.74, 6) is 1.36. The SMILES string of the molecule is OC1CCCC2[C@@H]1[C@H](O)C=C1CCCC[C@@H]12. The smallest absolute Gasteiger partial charge is 0.0779 e. The third-order valence-corrected chi connectivity index (χ3v) is 4.98. The molecule has 2 saturated carbocycles. The normalized spacial score (nSPS) is 47.9. The fraction of sp³-hybridized carbons (Fsp3) is 0.857. The Balaban J connectivity index is 1.90. The van der Waals surface area contributed by atoms with Gasteiger partial charge in [-0.15, -0.1) is 0 Å². The van der Waals surface area contributed by atoms with Crippen LogP contribution in [0.15, 0.2) is 11.6 Å². The summed E-state index contributed by atoms with van der Waals surface area (Å²) in [5.41, 5.74) is 1.49. The highest BCUT2D eigenvalue weighted by atomic mass is 16.3. The topological polar surface area (TPSA) is 40.5 Å². The average molecular weight is 222 g/mol. The van der Waals surface area contributed by atoms with Gasteiger partial charge in [0.25, 0.3) is 0 Å². The van der Waals surface area contributed by atoms with Crippen LogP contribution in [-0.4, -0.2) is 22.4 Å². The number of rotatable bonds is 0. The lowest BCUT2D eigenvalue weighted by Crippen LogP contribution is -2.46. The second-order valence-corrected chi connectivity index (χ2v) is 5.82. The van der Waals surface area contributed by atoms with E-state index in [-0.39, 0.29) is 18.1 Å². The standard InChI is InChI=1S/C14H22O2/c15-12-7-3-6-11-10-5-2-1-4-9(10)8-13(16)14(11)12/h8,10-16H,1-7H2/t10-,11?,12?,13+,14-/m0/s1. The van der Waals surface area contributed by atoms with Gasteiger partial charge in [0.15, 0.2) is 0 Å². The molecule has 0 bridgehead atoms. The van der Waals surface area contributed by atoms with Crippen LogP contribution in [0.1, 0.15) is 44.9 Å². The Morgan fingerprint density at radius 2 is 1.88 bits per heavy atom. The van der Waals surface area contributed by atoms with Crippen molar-refractivity contribution in [3.8, 4) is 0 Å². The molecule has 16 heavy (non-hydrogen) atoms. The molecule has 3 aliphatic carbocycles. The van der Waals surface area contributed by atoms with Crippen molar-refractivity contribution in [1.29, 1.82) is 0 Å². The van der Waals surface area contributed by atoms with Crippen LogP contribution < -0.4 is 0 Å². The first-order valence-electron chi connectivity index (χ1n) is 6.84. The third-order valence-electron chi connectivity index (χ3n) is 4.98. The molecule has 2 heteroatoms. The molecule has 2 N–H and O–H groups in total. The van der Waals surface area contributed by atoms with Crippen LogP contribution in [0, 0.1) is 17.8 Å². The zero-order chi connectivity index (χ0) is 11.1. The van der Waals surface area contributed by atoms with Crippen molar-refractivity contribution in [3.05, 3.63) is 11.6 Å². The first-order chi connectivity index (χ1) is 7.77. The number of hydrogen-bond acceptors (Lipinski definition) is 2. The van der Waals surface area contributed by atoms with E-state index in [0.717, 1.165) is 12.8 Å². The van der Waals surface area contributed by atoms with Gasteiger partial charge in [-0.2, -0.15) is 0 Å². The van der Waals surface area contributed by atoms with Gasteiger partial charge in [0, 0.05) is 5.92 Å². The molecule has 0 saturated heterocycles. The Hall–Kier alpha value is -0.340. The van der Waals surface area contributed by atoms with E-state index in [1.54, 1.807) is 0 Å². The van der Waals surface area contributed by atoms with Gasteiger partial charge in [-0.05, 0) is 43.9 Å². The first kappa shape index (κ1) is 10.8. The maximum absolute atomic E-state index is 10.2. The predicted octanol–water partition coefficient (Wildman–Crippen LogP) is 2.25. The Labute approximate surface area is 97.4 Å². The number of aliphatic hydroxyl groups excluding tert-OH is 2. The van der Waals surface area contributed by atoms with E-state index in [4.69, 9.17) is 0 Å². The number of hydrogen-bond donors (Lipinski definition) is 2. The first-order valence-corrected chi connectivity index (χ1v) is 6.84. The Morgan fingerprint density at radius 3 is 2.75 bits per heavy atom. The maximum Gasteiger partial charge on any atom is 0.0779 e. The van der Waals surface area contributed by atoms with Crippen molar-refractivity contribution in [2.24, 2.45) is 17.8 Å². The molecule has 0 radical (unpaired) electrons. The zero-order valence-electron chi connectivity index (χ0n) is 9.81. The predicted molar refractivity (Wildman–Crippen MR) is 62.9 cm³/mol. The fourth-order valence-electron chi connectivity index (χ4n) is 4.27. The Kier molecular flexibility index (Phi) is 2.80. The molecule has 5 atom stereocenters. The minimum Gasteiger partial charge on any atom is -0.393 e. The van der Waals surface area contributed by atoms with Crippen LogP contribution in [0.2, 0.25) is 0 Å². The lowest BCUT2D eigenvalue weighted by Gasteiger charge is -2.47. The van der Waals surface area contributed by atoms with Gasteiger partial charge in [-0.3, -0.25) is 0 Å². The van der Waals surface area contributed by atoms with Gasteiger partial charge in [0.2, 0.25) is 0 Å². The number of fused-ring (bicyclic) bond motifs is 3. The van der Waals surface area contributed by atoms with Crippen molar-refractivity contribution in [2.45, 2.75) is 57.2 Å². The molecule has 3 rings (SSSR count). The fourth-order valence-corrected chi connectivity index (χ4v) is 4.27. The summed E-state index contributed by atoms with van der Waals surface area (Å²) < 4.78 is 0. The summed E-state index contributed by atoms with van der Waals surface area (Å²) >= 11 is 0. The van der Waals surface area contributed by atoms with Crippen molar-refractivity contribution in [1.82, 2.24) is 0 Å². The second-order valence-electron chi connectivity index (χ2n) is 5.82.